The third kappa shape index (κ3) is 10.0. The van der Waals surface area contributed by atoms with E-state index in [1.807, 2.05) is 102 Å². The van der Waals surface area contributed by atoms with Gasteiger partial charge in [-0.25, -0.2) is 0 Å². The topological polar surface area (TPSA) is 126 Å². The summed E-state index contributed by atoms with van der Waals surface area (Å²) in [7, 11) is 0. The molecule has 0 saturated heterocycles. The Bertz CT molecular complexity index is 1250. The molecule has 2 atom stereocenters. The van der Waals surface area contributed by atoms with Crippen molar-refractivity contribution in [2.75, 3.05) is 6.67 Å². The first kappa shape index (κ1) is 31.8. The van der Waals surface area contributed by atoms with Crippen LogP contribution >= 0.6 is 0 Å². The first-order chi connectivity index (χ1) is 19.2. The summed E-state index contributed by atoms with van der Waals surface area (Å²) in [4.78, 5) is 65.3. The number of nitrogens with zero attached hydrogens (tertiary/aromatic N) is 1. The highest BCUT2D eigenvalue weighted by molar-refractivity contribution is 6.45. The molecule has 0 aliphatic carbocycles. The largest absolute Gasteiger partial charge is 0.363 e. The van der Waals surface area contributed by atoms with Gasteiger partial charge in [-0.1, -0.05) is 60.7 Å². The Labute approximate surface area is 241 Å². The minimum absolute atomic E-state index is 0.0784. The van der Waals surface area contributed by atoms with E-state index in [0.717, 1.165) is 16.0 Å². The van der Waals surface area contributed by atoms with Crippen LogP contribution in [0.3, 0.4) is 0 Å². The monoisotopic (exact) mass is 564 g/mol. The maximum Gasteiger partial charge on any atom is 0.297 e. The molecule has 0 saturated carbocycles. The number of Topliss-reactive ketones (excluding diaryl/α,β-unsaturated/α-hetero) is 3. The van der Waals surface area contributed by atoms with E-state index in [1.165, 1.54) is 6.20 Å². The lowest BCUT2D eigenvalue weighted by atomic mass is 9.99. The lowest BCUT2D eigenvalue weighted by molar-refractivity contribution is -0.149. The third-order valence-corrected chi connectivity index (χ3v) is 5.88. The molecule has 2 aromatic rings. The molecule has 1 amide bonds. The van der Waals surface area contributed by atoms with Crippen LogP contribution in [-0.2, 0) is 41.7 Å². The Morgan fingerprint density at radius 2 is 1.20 bits per heavy atom. The predicted molar refractivity (Wildman–Crippen MR) is 154 cm³/mol. The maximum atomic E-state index is 13.3. The molecule has 1 aliphatic heterocycles. The number of hydrogen-bond acceptors (Lipinski definition) is 9. The van der Waals surface area contributed by atoms with Crippen molar-refractivity contribution in [2.45, 2.75) is 77.7 Å². The Hall–Kier alpha value is -3.70. The Balaban J connectivity index is 1.74. The molecule has 41 heavy (non-hydrogen) atoms. The lowest BCUT2D eigenvalue weighted by Crippen LogP contribution is -2.49. The SMILES string of the molecule is CC(C)(C)ONC(Cc1ccccc1)C(=O)C(=O)C1=CN(C(=O)C(=O)C(Cc2ccccc2)NOC(C)(C)C)CN1. The molecule has 0 spiro atoms. The molecule has 0 aromatic heterocycles. The zero-order chi connectivity index (χ0) is 30.2. The molecule has 10 nitrogen and oxygen atoms in total. The second-order valence-corrected chi connectivity index (χ2v) is 11.9. The van der Waals surface area contributed by atoms with Gasteiger partial charge in [0, 0.05) is 6.20 Å². The molecular weight excluding hydrogens is 524 g/mol. The van der Waals surface area contributed by atoms with Crippen molar-refractivity contribution >= 4 is 23.3 Å². The second kappa shape index (κ2) is 13.8. The molecule has 2 aromatic carbocycles. The minimum atomic E-state index is -0.966. The fraction of sp³-hybridized carbons (Fsp3) is 0.419. The van der Waals surface area contributed by atoms with Gasteiger partial charge in [-0.2, -0.15) is 11.0 Å². The molecule has 3 N–H and O–H groups in total. The van der Waals surface area contributed by atoms with Crippen LogP contribution in [0.1, 0.15) is 52.7 Å². The van der Waals surface area contributed by atoms with E-state index in [0.29, 0.717) is 0 Å². The molecule has 0 fully saturated rings. The quantitative estimate of drug-likeness (QED) is 0.249. The van der Waals surface area contributed by atoms with Crippen molar-refractivity contribution in [3.8, 4) is 0 Å². The average molecular weight is 565 g/mol. The number of hydroxylamine groups is 2. The summed E-state index contributed by atoms with van der Waals surface area (Å²) in [6.07, 6.45) is 1.64. The normalized spacial score (nSPS) is 15.1. The highest BCUT2D eigenvalue weighted by atomic mass is 16.7. The number of carbonyl (C=O) groups is 4. The number of amides is 1. The van der Waals surface area contributed by atoms with Crippen LogP contribution in [0.4, 0.5) is 0 Å². The van der Waals surface area contributed by atoms with Crippen molar-refractivity contribution in [1.29, 1.82) is 0 Å². The van der Waals surface area contributed by atoms with E-state index in [1.54, 1.807) is 0 Å². The predicted octanol–water partition coefficient (Wildman–Crippen LogP) is 2.79. The van der Waals surface area contributed by atoms with Crippen LogP contribution in [0.15, 0.2) is 72.6 Å². The van der Waals surface area contributed by atoms with Gasteiger partial charge < -0.3 is 5.32 Å². The number of nitrogens with one attached hydrogen (secondary N) is 3. The summed E-state index contributed by atoms with van der Waals surface area (Å²) in [6, 6.07) is 16.6. The van der Waals surface area contributed by atoms with E-state index in [4.69, 9.17) is 9.68 Å². The van der Waals surface area contributed by atoms with Gasteiger partial charge in [-0.15, -0.1) is 0 Å². The van der Waals surface area contributed by atoms with E-state index in [2.05, 4.69) is 16.3 Å². The second-order valence-electron chi connectivity index (χ2n) is 11.9. The van der Waals surface area contributed by atoms with Crippen LogP contribution < -0.4 is 16.3 Å². The van der Waals surface area contributed by atoms with Gasteiger partial charge in [0.2, 0.25) is 17.3 Å². The number of carbonyl (C=O) groups excluding carboxylic acids is 4. The van der Waals surface area contributed by atoms with E-state index >= 15 is 0 Å². The number of ketones is 3. The van der Waals surface area contributed by atoms with E-state index in [-0.39, 0.29) is 25.2 Å². The molecule has 1 heterocycles. The average Bonchev–Trinajstić information content (AvgIpc) is 3.42. The molecule has 10 heteroatoms. The standard InChI is InChI=1S/C31H40N4O6/c1-30(2,3)40-33-23(17-21-13-9-7-10-14-21)26(36)27(37)25-19-35(20-32-25)29(39)28(38)24(34-41-31(4,5)6)18-22-15-11-8-12-16-22/h7-16,19,23-24,32-34H,17-18,20H2,1-6H3. The van der Waals surface area contributed by atoms with Crippen LogP contribution in [0.2, 0.25) is 0 Å². The van der Waals surface area contributed by atoms with Crippen LogP contribution in [0.5, 0.6) is 0 Å². The Morgan fingerprint density at radius 1 is 0.756 bits per heavy atom. The minimum Gasteiger partial charge on any atom is -0.363 e. The molecule has 3 rings (SSSR count). The molecule has 1 aliphatic rings. The smallest absolute Gasteiger partial charge is 0.297 e. The van der Waals surface area contributed by atoms with Gasteiger partial charge in [0.15, 0.2) is 0 Å². The Morgan fingerprint density at radius 3 is 1.63 bits per heavy atom. The Kier molecular flexibility index (Phi) is 10.7. The number of hydrogen-bond donors (Lipinski definition) is 3. The van der Waals surface area contributed by atoms with Gasteiger partial charge >= 0.3 is 0 Å². The number of rotatable bonds is 13. The maximum absolute atomic E-state index is 13.3. The van der Waals surface area contributed by atoms with E-state index < -0.39 is 46.5 Å². The summed E-state index contributed by atoms with van der Waals surface area (Å²) < 4.78 is 0. The van der Waals surface area contributed by atoms with Gasteiger partial charge in [-0.05, 0) is 65.5 Å². The van der Waals surface area contributed by atoms with Gasteiger partial charge in [0.1, 0.15) is 17.8 Å². The number of benzene rings is 2. The fourth-order valence-electron chi connectivity index (χ4n) is 3.84. The summed E-state index contributed by atoms with van der Waals surface area (Å²) in [5, 5.41) is 2.78. The van der Waals surface area contributed by atoms with Gasteiger partial charge in [0.25, 0.3) is 5.91 Å². The zero-order valence-corrected chi connectivity index (χ0v) is 24.5. The van der Waals surface area contributed by atoms with Crippen molar-refractivity contribution < 1.29 is 28.9 Å². The van der Waals surface area contributed by atoms with Crippen LogP contribution in [-0.4, -0.2) is 58.1 Å². The van der Waals surface area contributed by atoms with Gasteiger partial charge in [-0.3, -0.25) is 33.8 Å². The van der Waals surface area contributed by atoms with E-state index in [9.17, 15) is 19.2 Å². The van der Waals surface area contributed by atoms with Crippen molar-refractivity contribution in [2.24, 2.45) is 0 Å². The van der Waals surface area contributed by atoms with Crippen molar-refractivity contribution in [3.05, 3.63) is 83.7 Å². The molecule has 0 bridgehead atoms. The molecule has 2 unspecified atom stereocenters. The molecule has 0 radical (unpaired) electrons. The van der Waals surface area contributed by atoms with Crippen molar-refractivity contribution in [3.63, 3.8) is 0 Å². The lowest BCUT2D eigenvalue weighted by Gasteiger charge is -2.25. The first-order valence-corrected chi connectivity index (χ1v) is 13.6. The zero-order valence-electron chi connectivity index (χ0n) is 24.5. The van der Waals surface area contributed by atoms with Crippen molar-refractivity contribution in [1.82, 2.24) is 21.2 Å². The summed E-state index contributed by atoms with van der Waals surface area (Å²) in [5.74, 6) is -3.14. The summed E-state index contributed by atoms with van der Waals surface area (Å²) in [5.41, 5.74) is 5.89. The van der Waals surface area contributed by atoms with Gasteiger partial charge in [0.05, 0.1) is 17.9 Å². The summed E-state index contributed by atoms with van der Waals surface area (Å²) >= 11 is 0. The van der Waals surface area contributed by atoms with Crippen LogP contribution in [0, 0.1) is 0 Å². The molecule has 220 valence electrons. The molecular formula is C31H40N4O6. The fourth-order valence-corrected chi connectivity index (χ4v) is 3.84. The highest BCUT2D eigenvalue weighted by Gasteiger charge is 2.36. The highest BCUT2D eigenvalue weighted by Crippen LogP contribution is 2.14. The van der Waals surface area contributed by atoms with Crippen LogP contribution in [0.25, 0.3) is 0 Å². The first-order valence-electron chi connectivity index (χ1n) is 13.6. The third-order valence-electron chi connectivity index (χ3n) is 5.88. The summed E-state index contributed by atoms with van der Waals surface area (Å²) in [6.45, 7) is 10.8. The number of allylic oxidation sites excluding steroid dienone is 1.